The second kappa shape index (κ2) is 12.5. The van der Waals surface area contributed by atoms with E-state index in [4.69, 9.17) is 4.74 Å². The number of likely N-dealkylation sites (N-methyl/N-ethyl adjacent to an activating group) is 1. The molecule has 0 saturated carbocycles. The lowest BCUT2D eigenvalue weighted by Crippen LogP contribution is -2.42. The standard InChI is InChI=1S/C23H40N6O2/c1-23(2,3)31-22(30)26-12-11-25-21(24-4)27-17-19-7-9-20(10-8-19)18-29-14-6-13-28(5)15-16-29/h7-10H,6,11-18H2,1-5H3,(H,26,30)(H2,24,25,27). The molecule has 1 aromatic rings. The van der Waals surface area contributed by atoms with Crippen molar-refractivity contribution in [2.24, 2.45) is 4.99 Å². The average molecular weight is 433 g/mol. The summed E-state index contributed by atoms with van der Waals surface area (Å²) >= 11 is 0. The van der Waals surface area contributed by atoms with Gasteiger partial charge < -0.3 is 25.6 Å². The van der Waals surface area contributed by atoms with Gasteiger partial charge >= 0.3 is 6.09 Å². The van der Waals surface area contributed by atoms with Gasteiger partial charge in [-0.15, -0.1) is 0 Å². The van der Waals surface area contributed by atoms with Crippen LogP contribution in [-0.2, 0) is 17.8 Å². The smallest absolute Gasteiger partial charge is 0.407 e. The number of benzene rings is 1. The number of nitrogens with zero attached hydrogens (tertiary/aromatic N) is 3. The highest BCUT2D eigenvalue weighted by Crippen LogP contribution is 2.10. The molecular formula is C23H40N6O2. The van der Waals surface area contributed by atoms with Crippen molar-refractivity contribution in [3.8, 4) is 0 Å². The number of hydrogen-bond acceptors (Lipinski definition) is 5. The molecule has 174 valence electrons. The fraction of sp³-hybridized carbons (Fsp3) is 0.652. The first-order valence-electron chi connectivity index (χ1n) is 11.2. The van der Waals surface area contributed by atoms with Gasteiger partial charge in [0, 0.05) is 46.3 Å². The van der Waals surface area contributed by atoms with E-state index in [0.29, 0.717) is 25.6 Å². The highest BCUT2D eigenvalue weighted by molar-refractivity contribution is 5.79. The molecule has 1 aliphatic heterocycles. The van der Waals surface area contributed by atoms with Gasteiger partial charge in [-0.1, -0.05) is 24.3 Å². The summed E-state index contributed by atoms with van der Waals surface area (Å²) in [6.45, 7) is 12.9. The fourth-order valence-electron chi connectivity index (χ4n) is 3.34. The monoisotopic (exact) mass is 432 g/mol. The molecule has 1 heterocycles. The minimum Gasteiger partial charge on any atom is -0.444 e. The number of rotatable bonds is 7. The van der Waals surface area contributed by atoms with Crippen molar-refractivity contribution in [3.63, 3.8) is 0 Å². The Bertz CT molecular complexity index is 699. The zero-order valence-corrected chi connectivity index (χ0v) is 19.8. The van der Waals surface area contributed by atoms with Crippen LogP contribution in [0.25, 0.3) is 0 Å². The first kappa shape index (κ1) is 24.9. The molecule has 3 N–H and O–H groups in total. The quantitative estimate of drug-likeness (QED) is 0.347. The molecule has 0 aromatic heterocycles. The Morgan fingerprint density at radius 3 is 2.35 bits per heavy atom. The second-order valence-corrected chi connectivity index (χ2v) is 9.03. The number of nitrogens with one attached hydrogen (secondary N) is 3. The maximum Gasteiger partial charge on any atom is 0.407 e. The normalized spacial score (nSPS) is 16.5. The maximum absolute atomic E-state index is 11.7. The van der Waals surface area contributed by atoms with Crippen LogP contribution < -0.4 is 16.0 Å². The van der Waals surface area contributed by atoms with Gasteiger partial charge in [-0.3, -0.25) is 9.89 Å². The average Bonchev–Trinajstić information content (AvgIpc) is 2.91. The molecule has 0 bridgehead atoms. The fourth-order valence-corrected chi connectivity index (χ4v) is 3.34. The third-order valence-corrected chi connectivity index (χ3v) is 5.01. The lowest BCUT2D eigenvalue weighted by Gasteiger charge is -2.20. The van der Waals surface area contributed by atoms with Crippen LogP contribution in [0.15, 0.2) is 29.3 Å². The van der Waals surface area contributed by atoms with Crippen molar-refractivity contribution in [2.45, 2.75) is 45.9 Å². The largest absolute Gasteiger partial charge is 0.444 e. The van der Waals surface area contributed by atoms with Gasteiger partial charge in [0.05, 0.1) is 0 Å². The molecule has 0 unspecified atom stereocenters. The van der Waals surface area contributed by atoms with Crippen LogP contribution in [0.4, 0.5) is 4.79 Å². The number of aliphatic imine (C=N–C) groups is 1. The van der Waals surface area contributed by atoms with Gasteiger partial charge in [0.2, 0.25) is 0 Å². The van der Waals surface area contributed by atoms with E-state index in [1.165, 1.54) is 30.6 Å². The van der Waals surface area contributed by atoms with E-state index in [2.05, 4.69) is 62.1 Å². The molecule has 0 aliphatic carbocycles. The van der Waals surface area contributed by atoms with E-state index in [1.54, 1.807) is 7.05 Å². The zero-order valence-electron chi connectivity index (χ0n) is 19.8. The summed E-state index contributed by atoms with van der Waals surface area (Å²) in [4.78, 5) is 20.8. The third kappa shape index (κ3) is 10.5. The van der Waals surface area contributed by atoms with E-state index < -0.39 is 11.7 Å². The first-order chi connectivity index (χ1) is 14.7. The molecule has 0 spiro atoms. The summed E-state index contributed by atoms with van der Waals surface area (Å²) < 4.78 is 5.22. The number of carbonyl (C=O) groups excluding carboxylic acids is 1. The van der Waals surface area contributed by atoms with Gasteiger partial charge in [-0.05, 0) is 58.5 Å². The van der Waals surface area contributed by atoms with Gasteiger partial charge in [-0.25, -0.2) is 4.79 Å². The number of alkyl carbamates (subject to hydrolysis) is 1. The highest BCUT2D eigenvalue weighted by Gasteiger charge is 2.15. The van der Waals surface area contributed by atoms with Crippen LogP contribution in [0.3, 0.4) is 0 Å². The summed E-state index contributed by atoms with van der Waals surface area (Å²) in [6.07, 6.45) is 0.822. The van der Waals surface area contributed by atoms with Crippen LogP contribution in [0.2, 0.25) is 0 Å². The van der Waals surface area contributed by atoms with Gasteiger partial charge in [-0.2, -0.15) is 0 Å². The Balaban J connectivity index is 1.68. The number of hydrogen-bond donors (Lipinski definition) is 3. The lowest BCUT2D eigenvalue weighted by atomic mass is 10.1. The molecule has 0 atom stereocenters. The minimum atomic E-state index is -0.492. The molecule has 1 aliphatic rings. The number of carbonyl (C=O) groups is 1. The first-order valence-corrected chi connectivity index (χ1v) is 11.2. The minimum absolute atomic E-state index is 0.412. The Morgan fingerprint density at radius 2 is 1.68 bits per heavy atom. The highest BCUT2D eigenvalue weighted by atomic mass is 16.6. The molecule has 1 saturated heterocycles. The van der Waals surface area contributed by atoms with Crippen molar-refractivity contribution >= 4 is 12.1 Å². The summed E-state index contributed by atoms with van der Waals surface area (Å²) in [7, 11) is 3.93. The van der Waals surface area contributed by atoms with Gasteiger partial charge in [0.1, 0.15) is 5.60 Å². The molecular weight excluding hydrogens is 392 g/mol. The Kier molecular flexibility index (Phi) is 10.1. The van der Waals surface area contributed by atoms with Crippen molar-refractivity contribution < 1.29 is 9.53 Å². The number of guanidine groups is 1. The van der Waals surface area contributed by atoms with E-state index in [1.807, 2.05) is 20.8 Å². The van der Waals surface area contributed by atoms with Crippen molar-refractivity contribution in [1.29, 1.82) is 0 Å². The van der Waals surface area contributed by atoms with E-state index in [9.17, 15) is 4.79 Å². The summed E-state index contributed by atoms with van der Waals surface area (Å²) in [5, 5.41) is 9.22. The van der Waals surface area contributed by atoms with Crippen LogP contribution in [0, 0.1) is 0 Å². The van der Waals surface area contributed by atoms with Crippen molar-refractivity contribution in [2.75, 3.05) is 53.4 Å². The summed E-state index contributed by atoms with van der Waals surface area (Å²) in [5.41, 5.74) is 2.06. The van der Waals surface area contributed by atoms with E-state index in [-0.39, 0.29) is 0 Å². The predicted molar refractivity (Wildman–Crippen MR) is 126 cm³/mol. The molecule has 8 heteroatoms. The van der Waals surface area contributed by atoms with Gasteiger partial charge in [0.25, 0.3) is 0 Å². The number of amides is 1. The van der Waals surface area contributed by atoms with Crippen molar-refractivity contribution in [3.05, 3.63) is 35.4 Å². The van der Waals surface area contributed by atoms with Crippen molar-refractivity contribution in [1.82, 2.24) is 25.8 Å². The molecule has 0 radical (unpaired) electrons. The van der Waals surface area contributed by atoms with Crippen LogP contribution in [0.1, 0.15) is 38.3 Å². The SMILES string of the molecule is CN=C(NCCNC(=O)OC(C)(C)C)NCc1ccc(CN2CCCN(C)CC2)cc1. The molecule has 1 amide bonds. The maximum atomic E-state index is 11.7. The Morgan fingerprint density at radius 1 is 1.00 bits per heavy atom. The molecule has 31 heavy (non-hydrogen) atoms. The second-order valence-electron chi connectivity index (χ2n) is 9.03. The zero-order chi connectivity index (χ0) is 22.7. The molecule has 1 aromatic carbocycles. The lowest BCUT2D eigenvalue weighted by molar-refractivity contribution is 0.0529. The summed E-state index contributed by atoms with van der Waals surface area (Å²) in [5.74, 6) is 0.698. The Labute approximate surface area is 187 Å². The van der Waals surface area contributed by atoms with Gasteiger partial charge in [0.15, 0.2) is 5.96 Å². The van der Waals surface area contributed by atoms with Crippen LogP contribution in [0.5, 0.6) is 0 Å². The predicted octanol–water partition coefficient (Wildman–Crippen LogP) is 2.01. The number of ether oxygens (including phenoxy) is 1. The topological polar surface area (TPSA) is 81.2 Å². The molecule has 1 fully saturated rings. The molecule has 2 rings (SSSR count). The van der Waals surface area contributed by atoms with Crippen LogP contribution in [-0.4, -0.2) is 80.8 Å². The third-order valence-electron chi connectivity index (χ3n) is 5.01. The van der Waals surface area contributed by atoms with E-state index in [0.717, 1.165) is 19.6 Å². The molecule has 8 nitrogen and oxygen atoms in total. The van der Waals surface area contributed by atoms with Crippen LogP contribution >= 0.6 is 0 Å². The Hall–Kier alpha value is -2.32. The van der Waals surface area contributed by atoms with E-state index >= 15 is 0 Å². The summed E-state index contributed by atoms with van der Waals surface area (Å²) in [6, 6.07) is 8.77.